The van der Waals surface area contributed by atoms with Gasteiger partial charge in [-0.1, -0.05) is 0 Å². The highest BCUT2D eigenvalue weighted by Crippen LogP contribution is 2.51. The molecule has 0 aliphatic carbocycles. The third-order valence-corrected chi connectivity index (χ3v) is 7.52. The van der Waals surface area contributed by atoms with Crippen LogP contribution < -0.4 is 0 Å². The molecule has 21 heavy (non-hydrogen) atoms. The minimum atomic E-state index is -5.98. The van der Waals surface area contributed by atoms with Gasteiger partial charge in [0.25, 0.3) is 0 Å². The summed E-state index contributed by atoms with van der Waals surface area (Å²) in [6, 6.07) is -8.07. The van der Waals surface area contributed by atoms with E-state index in [0.717, 1.165) is 0 Å². The zero-order valence-electron chi connectivity index (χ0n) is 9.68. The Balaban J connectivity index is 5.75. The van der Waals surface area contributed by atoms with Gasteiger partial charge in [0.2, 0.25) is 8.32 Å². The van der Waals surface area contributed by atoms with E-state index < -0.39 is 52.8 Å². The van der Waals surface area contributed by atoms with Gasteiger partial charge in [0, 0.05) is 0 Å². The molecule has 0 amide bonds. The smallest absolute Gasteiger partial charge is 0.328 e. The van der Waals surface area contributed by atoms with Crippen molar-refractivity contribution in [2.45, 2.75) is 36.7 Å². The van der Waals surface area contributed by atoms with Gasteiger partial charge in [-0.2, -0.15) is 39.5 Å². The maximum Gasteiger partial charge on any atom is 0.459 e. The van der Waals surface area contributed by atoms with Crippen LogP contribution in [0.3, 0.4) is 0 Å². The maximum atomic E-state index is 12.2. The molecular weight excluding hydrogens is 366 g/mol. The van der Waals surface area contributed by atoms with Crippen molar-refractivity contribution in [1.82, 2.24) is 0 Å². The van der Waals surface area contributed by atoms with Crippen LogP contribution in [0.25, 0.3) is 0 Å². The second-order valence-corrected chi connectivity index (χ2v) is 9.28. The first kappa shape index (κ1) is 20.7. The van der Waals surface area contributed by atoms with E-state index in [1.807, 2.05) is 0 Å². The van der Waals surface area contributed by atoms with E-state index in [1.54, 1.807) is 0 Å². The summed E-state index contributed by atoms with van der Waals surface area (Å²) in [6.07, 6.45) is -16.5. The van der Waals surface area contributed by atoms with Crippen LogP contribution in [0.4, 0.5) is 39.5 Å². The monoisotopic (exact) mass is 374 g/mol. The van der Waals surface area contributed by atoms with Crippen molar-refractivity contribution in [2.75, 3.05) is 0 Å². The summed E-state index contributed by atoms with van der Waals surface area (Å²) in [5, 5.41) is 0. The lowest BCUT2D eigenvalue weighted by molar-refractivity contribution is -0.131. The van der Waals surface area contributed by atoms with Crippen LogP contribution >= 0.6 is 7.82 Å². The molecule has 0 radical (unpaired) electrons. The van der Waals surface area contributed by atoms with Gasteiger partial charge in [-0.25, -0.2) is 4.57 Å². The van der Waals surface area contributed by atoms with Crippen molar-refractivity contribution in [2.24, 2.45) is 0 Å². The van der Waals surface area contributed by atoms with E-state index in [0.29, 0.717) is 0 Å². The van der Waals surface area contributed by atoms with Crippen molar-refractivity contribution < 1.29 is 58.1 Å². The highest BCUT2D eigenvalue weighted by atomic mass is 31.2. The third-order valence-electron chi connectivity index (χ3n) is 1.88. The first-order valence-electron chi connectivity index (χ1n) is 4.79. The number of phosphoric acid groups is 1. The molecule has 128 valence electrons. The average molecular weight is 374 g/mol. The van der Waals surface area contributed by atoms with Crippen LogP contribution in [0.15, 0.2) is 0 Å². The standard InChI is InChI=1S/C6H8F9O4PSi/c7-4(8,9)1-21(2-5(10,11)12,3-6(13,14)15)19-20(16,17)18/h1-3H2,(H2,16,17,18). The minimum absolute atomic E-state index is 2.69. The number of hydrogen-bond acceptors (Lipinski definition) is 2. The first-order chi connectivity index (χ1) is 8.83. The molecule has 0 spiro atoms. The van der Waals surface area contributed by atoms with E-state index in [1.165, 1.54) is 0 Å². The summed E-state index contributed by atoms with van der Waals surface area (Å²) in [7, 11) is -12.0. The zero-order chi connectivity index (χ0) is 17.3. The van der Waals surface area contributed by atoms with Gasteiger partial charge < -0.3 is 14.0 Å². The predicted molar refractivity (Wildman–Crippen MR) is 51.5 cm³/mol. The Bertz CT molecular complexity index is 356. The fourth-order valence-electron chi connectivity index (χ4n) is 1.63. The Hall–Kier alpha value is -0.303. The molecule has 0 saturated heterocycles. The van der Waals surface area contributed by atoms with Gasteiger partial charge in [-0.15, -0.1) is 0 Å². The van der Waals surface area contributed by atoms with E-state index in [4.69, 9.17) is 9.79 Å². The van der Waals surface area contributed by atoms with E-state index in [9.17, 15) is 44.1 Å². The maximum absolute atomic E-state index is 12.2. The summed E-state index contributed by atoms with van der Waals surface area (Å²) < 4.78 is 124. The highest BCUT2D eigenvalue weighted by Gasteiger charge is 2.59. The van der Waals surface area contributed by atoms with E-state index >= 15 is 0 Å². The Kier molecular flexibility index (Phi) is 5.98. The molecule has 4 nitrogen and oxygen atoms in total. The lowest BCUT2D eigenvalue weighted by Gasteiger charge is -2.33. The molecule has 0 aliphatic heterocycles. The Morgan fingerprint density at radius 2 is 1.00 bits per heavy atom. The van der Waals surface area contributed by atoms with Crippen molar-refractivity contribution in [3.05, 3.63) is 0 Å². The molecule has 0 bridgehead atoms. The van der Waals surface area contributed by atoms with Crippen molar-refractivity contribution in [1.29, 1.82) is 0 Å². The number of hydrogen-bond donors (Lipinski definition) is 2. The van der Waals surface area contributed by atoms with Crippen molar-refractivity contribution in [3.8, 4) is 0 Å². The summed E-state index contributed by atoms with van der Waals surface area (Å²) in [5.74, 6) is 0. The molecule has 0 aromatic rings. The third kappa shape index (κ3) is 11.0. The van der Waals surface area contributed by atoms with Gasteiger partial charge in [-0.05, 0) is 0 Å². The molecule has 0 fully saturated rings. The quantitative estimate of drug-likeness (QED) is 0.437. The number of rotatable bonds is 5. The first-order valence-corrected chi connectivity index (χ1v) is 8.85. The van der Waals surface area contributed by atoms with Crippen LogP contribution in [0.1, 0.15) is 0 Å². The van der Waals surface area contributed by atoms with Crippen LogP contribution in [0, 0.1) is 0 Å². The van der Waals surface area contributed by atoms with Gasteiger partial charge in [0.05, 0.1) is 18.1 Å². The minimum Gasteiger partial charge on any atom is -0.328 e. The van der Waals surface area contributed by atoms with Crippen LogP contribution in [-0.4, -0.2) is 36.6 Å². The number of halogens is 9. The molecule has 0 aromatic heterocycles. The molecule has 0 rings (SSSR count). The SMILES string of the molecule is O=P(O)(O)O[Si](CC(F)(F)F)(CC(F)(F)F)CC(F)(F)F. The molecule has 2 N–H and O–H groups in total. The Labute approximate surface area is 112 Å². The second-order valence-electron chi connectivity index (χ2n) is 4.14. The summed E-state index contributed by atoms with van der Waals surface area (Å²) >= 11 is 0. The fraction of sp³-hybridized carbons (Fsp3) is 1.00. The second kappa shape index (κ2) is 6.06. The predicted octanol–water partition coefficient (Wildman–Crippen LogP) is 3.73. The van der Waals surface area contributed by atoms with Gasteiger partial charge in [0.15, 0.2) is 0 Å². The van der Waals surface area contributed by atoms with Crippen LogP contribution in [0.5, 0.6) is 0 Å². The molecule has 0 aliphatic rings. The molecular formula is C6H8F9O4PSi. The number of alkyl halides is 9. The normalized spacial score (nSPS) is 15.4. The van der Waals surface area contributed by atoms with E-state index in [2.05, 4.69) is 4.21 Å². The fourth-order valence-corrected chi connectivity index (χ4v) is 6.99. The molecule has 15 heteroatoms. The lowest BCUT2D eigenvalue weighted by atomic mass is 10.7. The Morgan fingerprint density at radius 3 is 1.14 bits per heavy atom. The molecule has 0 atom stereocenters. The van der Waals surface area contributed by atoms with E-state index in [-0.39, 0.29) is 0 Å². The topological polar surface area (TPSA) is 66.8 Å². The zero-order valence-corrected chi connectivity index (χ0v) is 11.6. The van der Waals surface area contributed by atoms with Gasteiger partial charge in [-0.3, -0.25) is 0 Å². The average Bonchev–Trinajstić information content (AvgIpc) is 1.83. The van der Waals surface area contributed by atoms with Crippen LogP contribution in [-0.2, 0) is 8.78 Å². The molecule has 0 aromatic carbocycles. The van der Waals surface area contributed by atoms with Gasteiger partial charge in [0.1, 0.15) is 0 Å². The Morgan fingerprint density at radius 1 is 0.762 bits per heavy atom. The lowest BCUT2D eigenvalue weighted by Crippen LogP contribution is -2.48. The van der Waals surface area contributed by atoms with Crippen LogP contribution in [0.2, 0.25) is 18.1 Å². The highest BCUT2D eigenvalue weighted by molar-refractivity contribution is 7.48. The van der Waals surface area contributed by atoms with Gasteiger partial charge >= 0.3 is 26.4 Å². The van der Waals surface area contributed by atoms with Crippen molar-refractivity contribution >= 4 is 16.1 Å². The molecule has 0 heterocycles. The largest absolute Gasteiger partial charge is 0.459 e. The summed E-state index contributed by atoms with van der Waals surface area (Å²) in [6.45, 7) is 0. The molecule has 0 unspecified atom stereocenters. The molecule has 0 saturated carbocycles. The van der Waals surface area contributed by atoms with Crippen molar-refractivity contribution in [3.63, 3.8) is 0 Å². The summed E-state index contributed by atoms with van der Waals surface area (Å²) in [4.78, 5) is 16.7. The summed E-state index contributed by atoms with van der Waals surface area (Å²) in [5.41, 5.74) is 0.